The molecule has 0 unspecified atom stereocenters. The molecular formula is C46H47IrN3OSi-2. The van der Waals surface area contributed by atoms with E-state index in [1.54, 1.807) is 0 Å². The summed E-state index contributed by atoms with van der Waals surface area (Å²) in [6.45, 7) is 11.7. The Hall–Kier alpha value is -4.22. The Morgan fingerprint density at radius 1 is 0.750 bits per heavy atom. The first-order valence-corrected chi connectivity index (χ1v) is 22.0. The summed E-state index contributed by atoms with van der Waals surface area (Å²) < 4.78 is 6.24. The van der Waals surface area contributed by atoms with Crippen LogP contribution in [0.5, 0.6) is 0 Å². The molecule has 0 spiro atoms. The van der Waals surface area contributed by atoms with Gasteiger partial charge in [-0.2, -0.15) is 0 Å². The molecule has 4 aromatic heterocycles. The van der Waals surface area contributed by atoms with Crippen LogP contribution >= 0.6 is 0 Å². The van der Waals surface area contributed by atoms with Gasteiger partial charge in [0.05, 0.1) is 13.7 Å². The molecule has 0 aliphatic heterocycles. The average molecular weight is 878 g/mol. The quantitative estimate of drug-likeness (QED) is 0.118. The number of furan rings is 1. The monoisotopic (exact) mass is 878 g/mol. The molecule has 1 aliphatic carbocycles. The molecule has 0 N–H and O–H groups in total. The maximum Gasteiger partial charge on any atom is 0.216 e. The third kappa shape index (κ3) is 8.52. The number of hydrogen-bond acceptors (Lipinski definition) is 4. The molecule has 4 nitrogen and oxygen atoms in total. The van der Waals surface area contributed by atoms with Crippen LogP contribution in [0.1, 0.15) is 63.0 Å². The first-order valence-electron chi connectivity index (χ1n) is 18.5. The van der Waals surface area contributed by atoms with E-state index in [-0.39, 0.29) is 20.1 Å². The molecule has 6 heteroatoms. The minimum absolute atomic E-state index is 0. The van der Waals surface area contributed by atoms with E-state index in [4.69, 9.17) is 4.42 Å². The zero-order valence-electron chi connectivity index (χ0n) is 30.9. The second kappa shape index (κ2) is 16.6. The minimum atomic E-state index is -1.34. The Balaban J connectivity index is 0.000000200. The Morgan fingerprint density at radius 2 is 1.54 bits per heavy atom. The van der Waals surface area contributed by atoms with Crippen molar-refractivity contribution in [2.24, 2.45) is 5.92 Å². The topological polar surface area (TPSA) is 51.8 Å². The number of pyridine rings is 3. The van der Waals surface area contributed by atoms with E-state index >= 15 is 0 Å². The van der Waals surface area contributed by atoms with Gasteiger partial charge in [0, 0.05) is 49.6 Å². The van der Waals surface area contributed by atoms with Gasteiger partial charge in [-0.3, -0.25) is 0 Å². The van der Waals surface area contributed by atoms with Crippen LogP contribution in [0.4, 0.5) is 0 Å². The molecule has 1 saturated carbocycles. The van der Waals surface area contributed by atoms with Crippen molar-refractivity contribution < 1.29 is 24.5 Å². The van der Waals surface area contributed by atoms with Crippen molar-refractivity contribution in [2.45, 2.75) is 77.9 Å². The molecule has 267 valence electrons. The average Bonchev–Trinajstić information content (AvgIpc) is 3.54. The van der Waals surface area contributed by atoms with Gasteiger partial charge in [-0.05, 0) is 52.5 Å². The van der Waals surface area contributed by atoms with Crippen LogP contribution in [0.2, 0.25) is 19.6 Å². The predicted molar refractivity (Wildman–Crippen MR) is 215 cm³/mol. The van der Waals surface area contributed by atoms with Gasteiger partial charge in [0.1, 0.15) is 0 Å². The van der Waals surface area contributed by atoms with Crippen molar-refractivity contribution in [3.05, 3.63) is 133 Å². The Morgan fingerprint density at radius 3 is 2.27 bits per heavy atom. The molecule has 3 aromatic carbocycles. The third-order valence-electron chi connectivity index (χ3n) is 10.1. The Labute approximate surface area is 323 Å². The second-order valence-corrected chi connectivity index (χ2v) is 20.3. The first kappa shape index (κ1) is 37.5. The number of fused-ring (bicyclic) bond motifs is 3. The van der Waals surface area contributed by atoms with Crippen molar-refractivity contribution in [3.63, 3.8) is 0 Å². The van der Waals surface area contributed by atoms with E-state index in [1.165, 1.54) is 48.4 Å². The van der Waals surface area contributed by atoms with E-state index in [1.807, 2.05) is 54.9 Å². The fraction of sp³-hybridized carbons (Fsp3) is 0.283. The molecule has 8 rings (SSSR count). The van der Waals surface area contributed by atoms with E-state index in [2.05, 4.69) is 115 Å². The van der Waals surface area contributed by atoms with Crippen molar-refractivity contribution >= 4 is 35.3 Å². The van der Waals surface area contributed by atoms with Gasteiger partial charge < -0.3 is 14.4 Å². The minimum Gasteiger partial charge on any atom is -0.486 e. The van der Waals surface area contributed by atoms with Crippen molar-refractivity contribution in [2.75, 3.05) is 0 Å². The number of rotatable bonds is 7. The van der Waals surface area contributed by atoms with E-state index < -0.39 is 8.07 Å². The van der Waals surface area contributed by atoms with Crippen LogP contribution in [0, 0.1) is 18.1 Å². The summed E-state index contributed by atoms with van der Waals surface area (Å²) in [5.74, 6) is 1.33. The first-order chi connectivity index (χ1) is 24.7. The molecular weight excluding hydrogens is 831 g/mol. The standard InChI is InChI=1S/C29H25N2O.C17H22NSi.Ir/c1-3-8-20(9-4-1)16-21-14-15-30-27(17-21)25-13-7-12-24-26-18-23(22-10-5-2-6-11-22)19-31-29(26)32-28(24)25;1-13(2)15-11-16(14-9-7-6-8-10-14)18-12-17(15)19(3,4)5;/h2,5-7,10-12,14-15,17-20H,1,3-4,8-9,16H2;6-9,11-13H,1-5H3;/q2*-1;. The summed E-state index contributed by atoms with van der Waals surface area (Å²) in [7, 11) is -1.34. The van der Waals surface area contributed by atoms with Gasteiger partial charge in [-0.15, -0.1) is 54.1 Å². The molecule has 1 fully saturated rings. The molecule has 4 heterocycles. The fourth-order valence-corrected chi connectivity index (χ4v) is 9.02. The molecule has 0 bridgehead atoms. The normalized spacial score (nSPS) is 13.5. The van der Waals surface area contributed by atoms with Crippen molar-refractivity contribution in [1.82, 2.24) is 15.0 Å². The molecule has 0 saturated heterocycles. The molecule has 0 amide bonds. The smallest absolute Gasteiger partial charge is 0.216 e. The second-order valence-electron chi connectivity index (χ2n) is 15.2. The zero-order chi connectivity index (χ0) is 35.4. The van der Waals surface area contributed by atoms with Gasteiger partial charge in [-0.25, -0.2) is 4.98 Å². The number of aromatic nitrogens is 3. The fourth-order valence-electron chi connectivity index (χ4n) is 7.34. The summed E-state index contributed by atoms with van der Waals surface area (Å²) in [4.78, 5) is 14.0. The van der Waals surface area contributed by atoms with Gasteiger partial charge in [0.25, 0.3) is 0 Å². The molecule has 1 aliphatic rings. The summed E-state index contributed by atoms with van der Waals surface area (Å²) in [6, 6.07) is 37.8. The SMILES string of the molecule is CC(C)c1cc(-c2[c-]cccc2)ncc1[Si](C)(C)C.[Ir].[c-]1ccc2c(oc3ncc(-c4ccccc4)cc32)c1-c1cc(CC2CCCCC2)ccn1. The largest absolute Gasteiger partial charge is 0.486 e. The molecule has 1 radical (unpaired) electrons. The number of benzene rings is 3. The van der Waals surface area contributed by atoms with Gasteiger partial charge in [0.2, 0.25) is 5.71 Å². The summed E-state index contributed by atoms with van der Waals surface area (Å²) in [5, 5.41) is 3.55. The number of hydrogen-bond donors (Lipinski definition) is 0. The number of nitrogens with zero attached hydrogens (tertiary/aromatic N) is 3. The van der Waals surface area contributed by atoms with Crippen LogP contribution < -0.4 is 5.19 Å². The van der Waals surface area contributed by atoms with Crippen LogP contribution in [0.3, 0.4) is 0 Å². The van der Waals surface area contributed by atoms with E-state index in [0.29, 0.717) is 11.6 Å². The van der Waals surface area contributed by atoms with Crippen molar-refractivity contribution in [3.8, 4) is 33.6 Å². The van der Waals surface area contributed by atoms with Crippen LogP contribution in [0.15, 0.2) is 114 Å². The van der Waals surface area contributed by atoms with Gasteiger partial charge in [0.15, 0.2) is 0 Å². The summed E-state index contributed by atoms with van der Waals surface area (Å²) in [5.41, 5.74) is 10.4. The molecule has 7 aromatic rings. The van der Waals surface area contributed by atoms with Crippen LogP contribution in [0.25, 0.3) is 55.7 Å². The van der Waals surface area contributed by atoms with Crippen LogP contribution in [-0.2, 0) is 26.5 Å². The Bertz CT molecular complexity index is 2240. The van der Waals surface area contributed by atoms with Crippen molar-refractivity contribution in [1.29, 1.82) is 0 Å². The zero-order valence-corrected chi connectivity index (χ0v) is 34.3. The third-order valence-corrected chi connectivity index (χ3v) is 12.1. The van der Waals surface area contributed by atoms with E-state index in [9.17, 15) is 0 Å². The molecule has 0 atom stereocenters. The maximum absolute atomic E-state index is 6.24. The van der Waals surface area contributed by atoms with E-state index in [0.717, 1.165) is 62.3 Å². The molecule has 52 heavy (non-hydrogen) atoms. The summed E-state index contributed by atoms with van der Waals surface area (Å²) >= 11 is 0. The van der Waals surface area contributed by atoms with Gasteiger partial charge in [-0.1, -0.05) is 130 Å². The van der Waals surface area contributed by atoms with Crippen LogP contribution in [-0.4, -0.2) is 23.0 Å². The predicted octanol–water partition coefficient (Wildman–Crippen LogP) is 11.8. The summed E-state index contributed by atoms with van der Waals surface area (Å²) in [6.07, 6.45) is 13.9. The maximum atomic E-state index is 6.24. The van der Waals surface area contributed by atoms with Gasteiger partial charge >= 0.3 is 0 Å². The Kier molecular flexibility index (Phi) is 12.0.